The van der Waals surface area contributed by atoms with Gasteiger partial charge >= 0.3 is 0 Å². The topological polar surface area (TPSA) is 66.7 Å². The minimum Gasteiger partial charge on any atom is -0.347 e. The first-order valence-corrected chi connectivity index (χ1v) is 3.81. The van der Waals surface area contributed by atoms with Crippen LogP contribution >= 0.6 is 0 Å². The second kappa shape index (κ2) is 4.87. The van der Waals surface area contributed by atoms with Crippen LogP contribution < -0.4 is 11.1 Å². The summed E-state index contributed by atoms with van der Waals surface area (Å²) in [7, 11) is 0. The predicted molar refractivity (Wildman–Crippen MR) is 44.0 cm³/mol. The highest BCUT2D eigenvalue weighted by Gasteiger charge is 1.90. The van der Waals surface area contributed by atoms with Gasteiger partial charge in [0.05, 0.1) is 6.33 Å². The summed E-state index contributed by atoms with van der Waals surface area (Å²) in [4.78, 5) is 6.91. The summed E-state index contributed by atoms with van der Waals surface area (Å²) in [5.41, 5.74) is 6.44. The molecule has 0 spiro atoms. The van der Waals surface area contributed by atoms with Gasteiger partial charge in [-0.3, -0.25) is 0 Å². The van der Waals surface area contributed by atoms with Gasteiger partial charge in [0.2, 0.25) is 0 Å². The van der Waals surface area contributed by atoms with Gasteiger partial charge in [-0.05, 0) is 19.5 Å². The van der Waals surface area contributed by atoms with Crippen LogP contribution in [0.4, 0.5) is 0 Å². The van der Waals surface area contributed by atoms with Crippen LogP contribution in [0.2, 0.25) is 0 Å². The van der Waals surface area contributed by atoms with E-state index in [4.69, 9.17) is 5.73 Å². The van der Waals surface area contributed by atoms with Crippen molar-refractivity contribution in [3.05, 3.63) is 18.2 Å². The number of nitrogens with one attached hydrogen (secondary N) is 2. The summed E-state index contributed by atoms with van der Waals surface area (Å²) in [6.07, 6.45) is 4.52. The largest absolute Gasteiger partial charge is 0.347 e. The average Bonchev–Trinajstić information content (AvgIpc) is 2.50. The Morgan fingerprint density at radius 2 is 2.55 bits per heavy atom. The molecule has 1 aromatic rings. The molecule has 0 radical (unpaired) electrons. The fourth-order valence-corrected chi connectivity index (χ4v) is 0.831. The number of H-pyrrole nitrogens is 1. The molecule has 0 aliphatic heterocycles. The third-order valence-electron chi connectivity index (χ3n) is 1.43. The van der Waals surface area contributed by atoms with E-state index in [0.29, 0.717) is 0 Å². The molecular formula is C7H14N4. The number of nitrogens with zero attached hydrogens (tertiary/aromatic N) is 1. The highest BCUT2D eigenvalue weighted by atomic mass is 14.9. The monoisotopic (exact) mass is 154 g/mol. The number of hydrogen-bond donors (Lipinski definition) is 3. The molecule has 4 heteroatoms. The summed E-state index contributed by atoms with van der Waals surface area (Å²) >= 11 is 0. The Labute approximate surface area is 66.2 Å². The average molecular weight is 154 g/mol. The molecule has 11 heavy (non-hydrogen) atoms. The number of rotatable bonds is 5. The molecular weight excluding hydrogens is 140 g/mol. The van der Waals surface area contributed by atoms with Crippen molar-refractivity contribution in [3.8, 4) is 0 Å². The minimum atomic E-state index is 0.746. The van der Waals surface area contributed by atoms with Crippen molar-refractivity contribution in [1.82, 2.24) is 15.3 Å². The third kappa shape index (κ3) is 3.15. The Hall–Kier alpha value is -0.870. The molecule has 1 rings (SSSR count). The van der Waals surface area contributed by atoms with E-state index in [9.17, 15) is 0 Å². The molecule has 0 unspecified atom stereocenters. The molecule has 0 saturated carbocycles. The smallest absolute Gasteiger partial charge is 0.0922 e. The number of aromatic amines is 1. The zero-order valence-corrected chi connectivity index (χ0v) is 6.51. The summed E-state index contributed by atoms with van der Waals surface area (Å²) in [6, 6.07) is 0. The molecule has 0 atom stereocenters. The molecule has 4 nitrogen and oxygen atoms in total. The van der Waals surface area contributed by atoms with Gasteiger partial charge in [0, 0.05) is 18.4 Å². The Kier molecular flexibility index (Phi) is 3.64. The molecule has 0 fully saturated rings. The molecule has 0 bridgehead atoms. The van der Waals surface area contributed by atoms with E-state index in [1.807, 2.05) is 6.20 Å². The van der Waals surface area contributed by atoms with Crippen molar-refractivity contribution in [2.75, 3.05) is 13.1 Å². The van der Waals surface area contributed by atoms with Gasteiger partial charge in [-0.15, -0.1) is 0 Å². The van der Waals surface area contributed by atoms with E-state index in [1.54, 1.807) is 6.33 Å². The molecule has 0 aliphatic carbocycles. The first-order valence-electron chi connectivity index (χ1n) is 3.81. The summed E-state index contributed by atoms with van der Waals surface area (Å²) in [5, 5.41) is 3.24. The van der Waals surface area contributed by atoms with Crippen LogP contribution in [0.15, 0.2) is 12.5 Å². The molecule has 0 aliphatic rings. The maximum Gasteiger partial charge on any atom is 0.0922 e. The van der Waals surface area contributed by atoms with Crippen molar-refractivity contribution in [1.29, 1.82) is 0 Å². The third-order valence-corrected chi connectivity index (χ3v) is 1.43. The Morgan fingerprint density at radius 1 is 1.64 bits per heavy atom. The van der Waals surface area contributed by atoms with Gasteiger partial charge in [0.25, 0.3) is 0 Å². The highest BCUT2D eigenvalue weighted by molar-refractivity contribution is 4.92. The van der Waals surface area contributed by atoms with E-state index in [0.717, 1.165) is 31.7 Å². The van der Waals surface area contributed by atoms with E-state index >= 15 is 0 Å². The van der Waals surface area contributed by atoms with Crippen LogP contribution in [-0.4, -0.2) is 23.1 Å². The van der Waals surface area contributed by atoms with E-state index in [1.165, 1.54) is 0 Å². The number of hydrogen-bond acceptors (Lipinski definition) is 3. The van der Waals surface area contributed by atoms with Crippen LogP contribution in [0.3, 0.4) is 0 Å². The second-order valence-electron chi connectivity index (χ2n) is 2.40. The van der Waals surface area contributed by atoms with Crippen LogP contribution in [0.5, 0.6) is 0 Å². The van der Waals surface area contributed by atoms with E-state index in [-0.39, 0.29) is 0 Å². The number of nitrogens with two attached hydrogens (primary N) is 1. The Balaban J connectivity index is 2.04. The maximum atomic E-state index is 5.33. The normalized spacial score (nSPS) is 10.3. The van der Waals surface area contributed by atoms with Gasteiger partial charge in [-0.2, -0.15) is 0 Å². The first-order chi connectivity index (χ1) is 5.43. The van der Waals surface area contributed by atoms with Gasteiger partial charge in [0.1, 0.15) is 0 Å². The number of aromatic nitrogens is 2. The van der Waals surface area contributed by atoms with Gasteiger partial charge in [-0.25, -0.2) is 4.98 Å². The number of imidazole rings is 1. The van der Waals surface area contributed by atoms with Crippen LogP contribution in [-0.2, 0) is 6.54 Å². The molecule has 0 amide bonds. The van der Waals surface area contributed by atoms with Gasteiger partial charge in [-0.1, -0.05) is 0 Å². The standard InChI is InChI=1S/C7H14N4/c8-2-1-3-9-4-7-5-10-6-11-7/h5-6,9H,1-4,8H2,(H,10,11). The van der Waals surface area contributed by atoms with Crippen molar-refractivity contribution >= 4 is 0 Å². The molecule has 1 heterocycles. The summed E-state index contributed by atoms with van der Waals surface area (Å²) < 4.78 is 0. The Bertz CT molecular complexity index is 171. The zero-order valence-electron chi connectivity index (χ0n) is 6.51. The summed E-state index contributed by atoms with van der Waals surface area (Å²) in [5.74, 6) is 0. The lowest BCUT2D eigenvalue weighted by Crippen LogP contribution is -2.17. The maximum absolute atomic E-state index is 5.33. The van der Waals surface area contributed by atoms with Gasteiger partial charge < -0.3 is 16.0 Å². The second-order valence-corrected chi connectivity index (χ2v) is 2.40. The molecule has 4 N–H and O–H groups in total. The fraction of sp³-hybridized carbons (Fsp3) is 0.571. The SMILES string of the molecule is NCCCNCc1cnc[nH]1. The minimum absolute atomic E-state index is 0.746. The fourth-order valence-electron chi connectivity index (χ4n) is 0.831. The molecule has 62 valence electrons. The molecule has 0 aromatic carbocycles. The van der Waals surface area contributed by atoms with Crippen LogP contribution in [0, 0.1) is 0 Å². The predicted octanol–water partition coefficient (Wildman–Crippen LogP) is -0.152. The van der Waals surface area contributed by atoms with Gasteiger partial charge in [0.15, 0.2) is 0 Å². The first kappa shape index (κ1) is 8.23. The van der Waals surface area contributed by atoms with Crippen molar-refractivity contribution in [3.63, 3.8) is 0 Å². The lowest BCUT2D eigenvalue weighted by atomic mass is 10.4. The summed E-state index contributed by atoms with van der Waals surface area (Å²) in [6.45, 7) is 2.56. The van der Waals surface area contributed by atoms with Crippen molar-refractivity contribution in [2.45, 2.75) is 13.0 Å². The Morgan fingerprint density at radius 3 is 3.18 bits per heavy atom. The zero-order chi connectivity index (χ0) is 7.94. The quantitative estimate of drug-likeness (QED) is 0.517. The van der Waals surface area contributed by atoms with Crippen LogP contribution in [0.1, 0.15) is 12.1 Å². The van der Waals surface area contributed by atoms with E-state index in [2.05, 4.69) is 15.3 Å². The van der Waals surface area contributed by atoms with E-state index < -0.39 is 0 Å². The lowest BCUT2D eigenvalue weighted by molar-refractivity contribution is 0.648. The highest BCUT2D eigenvalue weighted by Crippen LogP contribution is 1.88. The van der Waals surface area contributed by atoms with Crippen LogP contribution in [0.25, 0.3) is 0 Å². The molecule has 1 aromatic heterocycles. The van der Waals surface area contributed by atoms with Crippen molar-refractivity contribution in [2.24, 2.45) is 5.73 Å². The molecule has 0 saturated heterocycles. The van der Waals surface area contributed by atoms with Crippen molar-refractivity contribution < 1.29 is 0 Å². The lowest BCUT2D eigenvalue weighted by Gasteiger charge is -1.99.